The number of ether oxygens (including phenoxy) is 1. The van der Waals surface area contributed by atoms with Crippen molar-refractivity contribution in [2.45, 2.75) is 25.3 Å². The second kappa shape index (κ2) is 6.62. The van der Waals surface area contributed by atoms with Crippen molar-refractivity contribution in [2.24, 2.45) is 5.92 Å². The lowest BCUT2D eigenvalue weighted by Gasteiger charge is -2.31. The normalized spacial score (nSPS) is 22.4. The van der Waals surface area contributed by atoms with Crippen LogP contribution in [0.4, 0.5) is 14.5 Å². The number of anilines is 1. The van der Waals surface area contributed by atoms with Crippen LogP contribution in [0, 0.1) is 17.6 Å². The maximum absolute atomic E-state index is 13.6. The molecule has 2 amide bonds. The van der Waals surface area contributed by atoms with Crippen molar-refractivity contribution >= 4 is 17.5 Å². The van der Waals surface area contributed by atoms with Crippen molar-refractivity contribution in [3.8, 4) is 0 Å². The van der Waals surface area contributed by atoms with Crippen LogP contribution >= 0.6 is 0 Å². The van der Waals surface area contributed by atoms with Crippen molar-refractivity contribution in [3.05, 3.63) is 29.8 Å². The summed E-state index contributed by atoms with van der Waals surface area (Å²) in [6.45, 7) is 1.53. The number of rotatable bonds is 3. The van der Waals surface area contributed by atoms with Gasteiger partial charge in [-0.1, -0.05) is 0 Å². The fourth-order valence-corrected chi connectivity index (χ4v) is 3.09. The molecule has 2 aliphatic rings. The SMILES string of the molecule is O=C(Nc1cc(F)ccc1F)C1CC(=O)N(C2CCOCC2)C1. The van der Waals surface area contributed by atoms with E-state index in [4.69, 9.17) is 4.74 Å². The molecule has 2 heterocycles. The largest absolute Gasteiger partial charge is 0.381 e. The Balaban J connectivity index is 1.64. The van der Waals surface area contributed by atoms with Crippen LogP contribution in [0.25, 0.3) is 0 Å². The van der Waals surface area contributed by atoms with Crippen LogP contribution in [-0.2, 0) is 14.3 Å². The van der Waals surface area contributed by atoms with Crippen molar-refractivity contribution in [2.75, 3.05) is 25.1 Å². The fourth-order valence-electron chi connectivity index (χ4n) is 3.09. The zero-order chi connectivity index (χ0) is 16.4. The summed E-state index contributed by atoms with van der Waals surface area (Å²) >= 11 is 0. The van der Waals surface area contributed by atoms with E-state index in [-0.39, 0.29) is 24.1 Å². The number of benzene rings is 1. The summed E-state index contributed by atoms with van der Waals surface area (Å²) in [4.78, 5) is 26.1. The highest BCUT2D eigenvalue weighted by Crippen LogP contribution is 2.26. The monoisotopic (exact) mass is 324 g/mol. The number of carbonyl (C=O) groups excluding carboxylic acids is 2. The minimum atomic E-state index is -0.703. The molecule has 1 unspecified atom stereocenters. The smallest absolute Gasteiger partial charge is 0.229 e. The third-order valence-electron chi connectivity index (χ3n) is 4.35. The molecule has 1 aromatic carbocycles. The lowest BCUT2D eigenvalue weighted by atomic mass is 10.1. The maximum atomic E-state index is 13.6. The van der Waals surface area contributed by atoms with Crippen LogP contribution in [0.1, 0.15) is 19.3 Å². The van der Waals surface area contributed by atoms with Gasteiger partial charge in [0.15, 0.2) is 0 Å². The Bertz CT molecular complexity index is 617. The molecule has 1 atom stereocenters. The van der Waals surface area contributed by atoms with Gasteiger partial charge in [0.05, 0.1) is 11.6 Å². The molecule has 2 aliphatic heterocycles. The highest BCUT2D eigenvalue weighted by molar-refractivity contribution is 5.97. The van der Waals surface area contributed by atoms with E-state index in [1.807, 2.05) is 0 Å². The highest BCUT2D eigenvalue weighted by atomic mass is 19.1. The molecule has 7 heteroatoms. The number of amides is 2. The summed E-state index contributed by atoms with van der Waals surface area (Å²) in [5, 5.41) is 2.38. The van der Waals surface area contributed by atoms with Crippen molar-refractivity contribution in [3.63, 3.8) is 0 Å². The fraction of sp³-hybridized carbons (Fsp3) is 0.500. The van der Waals surface area contributed by atoms with E-state index in [9.17, 15) is 18.4 Å². The summed E-state index contributed by atoms with van der Waals surface area (Å²) in [5.41, 5.74) is -0.202. The third kappa shape index (κ3) is 3.50. The number of likely N-dealkylation sites (tertiary alicyclic amines) is 1. The Morgan fingerprint density at radius 3 is 2.74 bits per heavy atom. The lowest BCUT2D eigenvalue weighted by molar-refractivity contribution is -0.131. The quantitative estimate of drug-likeness (QED) is 0.924. The Hall–Kier alpha value is -2.02. The zero-order valence-electron chi connectivity index (χ0n) is 12.6. The first-order valence-corrected chi connectivity index (χ1v) is 7.67. The minimum Gasteiger partial charge on any atom is -0.381 e. The van der Waals surface area contributed by atoms with E-state index in [2.05, 4.69) is 5.32 Å². The molecular weight excluding hydrogens is 306 g/mol. The molecule has 124 valence electrons. The van der Waals surface area contributed by atoms with Crippen LogP contribution in [0.3, 0.4) is 0 Å². The summed E-state index contributed by atoms with van der Waals surface area (Å²) in [7, 11) is 0. The van der Waals surface area contributed by atoms with Gasteiger partial charge in [0.1, 0.15) is 11.6 Å². The molecule has 1 N–H and O–H groups in total. The molecule has 0 aromatic heterocycles. The molecule has 2 fully saturated rings. The summed E-state index contributed by atoms with van der Waals surface area (Å²) in [6, 6.07) is 2.97. The summed E-state index contributed by atoms with van der Waals surface area (Å²) < 4.78 is 32.0. The van der Waals surface area contributed by atoms with Gasteiger partial charge in [-0.05, 0) is 25.0 Å². The molecule has 2 saturated heterocycles. The Labute approximate surface area is 132 Å². The Morgan fingerprint density at radius 2 is 2.00 bits per heavy atom. The number of nitrogens with zero attached hydrogens (tertiary/aromatic N) is 1. The van der Waals surface area contributed by atoms with Gasteiger partial charge in [0.2, 0.25) is 11.8 Å². The van der Waals surface area contributed by atoms with Crippen LogP contribution in [0.2, 0.25) is 0 Å². The average Bonchev–Trinajstić information content (AvgIpc) is 2.94. The molecule has 0 saturated carbocycles. The number of hydrogen-bond donors (Lipinski definition) is 1. The first kappa shape index (κ1) is 15.9. The van der Waals surface area contributed by atoms with Crippen LogP contribution in [-0.4, -0.2) is 42.5 Å². The maximum Gasteiger partial charge on any atom is 0.229 e. The molecule has 0 radical (unpaired) electrons. The van der Waals surface area contributed by atoms with Crippen LogP contribution in [0.15, 0.2) is 18.2 Å². The van der Waals surface area contributed by atoms with Gasteiger partial charge in [-0.25, -0.2) is 8.78 Å². The topological polar surface area (TPSA) is 58.6 Å². The van der Waals surface area contributed by atoms with Gasteiger partial charge >= 0.3 is 0 Å². The summed E-state index contributed by atoms with van der Waals surface area (Å²) in [6.07, 6.45) is 1.62. The second-order valence-electron chi connectivity index (χ2n) is 5.90. The van der Waals surface area contributed by atoms with E-state index in [1.165, 1.54) is 0 Å². The molecule has 0 spiro atoms. The number of halogens is 2. The van der Waals surface area contributed by atoms with Gasteiger partial charge < -0.3 is 15.0 Å². The Morgan fingerprint density at radius 1 is 1.26 bits per heavy atom. The van der Waals surface area contributed by atoms with E-state index in [0.29, 0.717) is 19.8 Å². The first-order valence-electron chi connectivity index (χ1n) is 7.67. The number of carbonyl (C=O) groups is 2. The van der Waals surface area contributed by atoms with Gasteiger partial charge in [-0.2, -0.15) is 0 Å². The van der Waals surface area contributed by atoms with E-state index < -0.39 is 23.5 Å². The van der Waals surface area contributed by atoms with E-state index in [0.717, 1.165) is 31.0 Å². The van der Waals surface area contributed by atoms with Gasteiger partial charge in [0, 0.05) is 38.3 Å². The average molecular weight is 324 g/mol. The minimum absolute atomic E-state index is 0.0724. The number of hydrogen-bond acceptors (Lipinski definition) is 3. The molecule has 5 nitrogen and oxygen atoms in total. The molecule has 0 bridgehead atoms. The van der Waals surface area contributed by atoms with Crippen molar-refractivity contribution < 1.29 is 23.1 Å². The molecule has 3 rings (SSSR count). The van der Waals surface area contributed by atoms with Crippen LogP contribution < -0.4 is 5.32 Å². The zero-order valence-corrected chi connectivity index (χ0v) is 12.6. The predicted octanol–water partition coefficient (Wildman–Crippen LogP) is 1.93. The standard InChI is InChI=1S/C16H18F2N2O3/c17-11-1-2-13(18)14(8-11)19-16(22)10-7-15(21)20(9-10)12-3-5-23-6-4-12/h1-2,8,10,12H,3-7,9H2,(H,19,22). The van der Waals surface area contributed by atoms with Crippen LogP contribution in [0.5, 0.6) is 0 Å². The third-order valence-corrected chi connectivity index (χ3v) is 4.35. The van der Waals surface area contributed by atoms with Gasteiger partial charge in [-0.15, -0.1) is 0 Å². The van der Waals surface area contributed by atoms with E-state index in [1.54, 1.807) is 4.90 Å². The first-order chi connectivity index (χ1) is 11.0. The highest BCUT2D eigenvalue weighted by Gasteiger charge is 2.38. The van der Waals surface area contributed by atoms with Crippen molar-refractivity contribution in [1.29, 1.82) is 0 Å². The number of nitrogens with one attached hydrogen (secondary N) is 1. The predicted molar refractivity (Wildman–Crippen MR) is 78.6 cm³/mol. The van der Waals surface area contributed by atoms with Gasteiger partial charge in [0.25, 0.3) is 0 Å². The summed E-state index contributed by atoms with van der Waals surface area (Å²) in [5.74, 6) is -2.42. The molecule has 23 heavy (non-hydrogen) atoms. The lowest BCUT2D eigenvalue weighted by Crippen LogP contribution is -2.41. The van der Waals surface area contributed by atoms with Gasteiger partial charge in [-0.3, -0.25) is 9.59 Å². The molecule has 1 aromatic rings. The molecular formula is C16H18F2N2O3. The van der Waals surface area contributed by atoms with E-state index >= 15 is 0 Å². The Kier molecular flexibility index (Phi) is 4.56. The molecule has 0 aliphatic carbocycles. The second-order valence-corrected chi connectivity index (χ2v) is 5.90. The van der Waals surface area contributed by atoms with Crippen molar-refractivity contribution in [1.82, 2.24) is 4.90 Å².